The summed E-state index contributed by atoms with van der Waals surface area (Å²) in [6.45, 7) is 7.83. The van der Waals surface area contributed by atoms with E-state index in [1.165, 1.54) is 6.92 Å². The van der Waals surface area contributed by atoms with Crippen LogP contribution in [-0.2, 0) is 10.2 Å². The van der Waals surface area contributed by atoms with Crippen LogP contribution in [0.5, 0.6) is 0 Å². The molecule has 0 aliphatic carbocycles. The zero-order valence-electron chi connectivity index (χ0n) is 9.09. The molecule has 0 bridgehead atoms. The molecular formula is C11H16N2O. The molecule has 1 aromatic heterocycles. The van der Waals surface area contributed by atoms with E-state index in [2.05, 4.69) is 31.1 Å². The van der Waals surface area contributed by atoms with Crippen LogP contribution in [0.15, 0.2) is 18.5 Å². The van der Waals surface area contributed by atoms with Gasteiger partial charge in [0.05, 0.1) is 11.9 Å². The van der Waals surface area contributed by atoms with Gasteiger partial charge in [-0.05, 0) is 17.0 Å². The average molecular weight is 192 g/mol. The van der Waals surface area contributed by atoms with Gasteiger partial charge < -0.3 is 5.32 Å². The van der Waals surface area contributed by atoms with Crippen molar-refractivity contribution >= 4 is 11.6 Å². The standard InChI is InChI=1S/C11H16N2O/c1-8(14)13-10-5-9(6-12-7-10)11(2,3)4/h5-7H,1-4H3,(H,13,14). The lowest BCUT2D eigenvalue weighted by molar-refractivity contribution is -0.114. The summed E-state index contributed by atoms with van der Waals surface area (Å²) < 4.78 is 0. The Balaban J connectivity index is 2.95. The molecule has 0 aliphatic rings. The molecule has 0 saturated heterocycles. The van der Waals surface area contributed by atoms with Gasteiger partial charge in [-0.25, -0.2) is 0 Å². The fraction of sp³-hybridized carbons (Fsp3) is 0.455. The average Bonchev–Trinajstić information content (AvgIpc) is 2.01. The van der Waals surface area contributed by atoms with Crippen molar-refractivity contribution in [2.75, 3.05) is 5.32 Å². The van der Waals surface area contributed by atoms with Gasteiger partial charge in [0.1, 0.15) is 0 Å². The summed E-state index contributed by atoms with van der Waals surface area (Å²) in [5.41, 5.74) is 1.93. The Morgan fingerprint density at radius 2 is 2.00 bits per heavy atom. The summed E-state index contributed by atoms with van der Waals surface area (Å²) in [7, 11) is 0. The Bertz CT molecular complexity index is 339. The summed E-state index contributed by atoms with van der Waals surface area (Å²) in [4.78, 5) is 14.9. The molecule has 3 nitrogen and oxygen atoms in total. The zero-order valence-corrected chi connectivity index (χ0v) is 9.09. The van der Waals surface area contributed by atoms with E-state index >= 15 is 0 Å². The second-order valence-corrected chi connectivity index (χ2v) is 4.39. The summed E-state index contributed by atoms with van der Waals surface area (Å²) in [6, 6.07) is 1.95. The van der Waals surface area contributed by atoms with E-state index in [9.17, 15) is 4.79 Å². The molecule has 0 unspecified atom stereocenters. The molecule has 14 heavy (non-hydrogen) atoms. The Morgan fingerprint density at radius 1 is 1.36 bits per heavy atom. The molecule has 0 spiro atoms. The Morgan fingerprint density at radius 3 is 2.50 bits per heavy atom. The number of carbonyl (C=O) groups is 1. The summed E-state index contributed by atoms with van der Waals surface area (Å²) in [5.74, 6) is -0.0714. The van der Waals surface area contributed by atoms with Crippen LogP contribution in [0.1, 0.15) is 33.3 Å². The van der Waals surface area contributed by atoms with E-state index in [0.29, 0.717) is 0 Å². The topological polar surface area (TPSA) is 42.0 Å². The Kier molecular flexibility index (Phi) is 2.89. The van der Waals surface area contributed by atoms with E-state index in [4.69, 9.17) is 0 Å². The van der Waals surface area contributed by atoms with Crippen LogP contribution < -0.4 is 5.32 Å². The van der Waals surface area contributed by atoms with Crippen molar-refractivity contribution in [3.63, 3.8) is 0 Å². The number of hydrogen-bond donors (Lipinski definition) is 1. The van der Waals surface area contributed by atoms with Crippen molar-refractivity contribution in [2.45, 2.75) is 33.1 Å². The fourth-order valence-electron chi connectivity index (χ4n) is 1.12. The SMILES string of the molecule is CC(=O)Nc1cncc(C(C)(C)C)c1. The van der Waals surface area contributed by atoms with Crippen molar-refractivity contribution < 1.29 is 4.79 Å². The van der Waals surface area contributed by atoms with Gasteiger partial charge in [-0.3, -0.25) is 9.78 Å². The highest BCUT2D eigenvalue weighted by molar-refractivity contribution is 5.88. The number of hydrogen-bond acceptors (Lipinski definition) is 2. The zero-order chi connectivity index (χ0) is 10.8. The molecule has 0 radical (unpaired) electrons. The molecule has 0 atom stereocenters. The number of nitrogens with one attached hydrogen (secondary N) is 1. The van der Waals surface area contributed by atoms with Gasteiger partial charge in [-0.15, -0.1) is 0 Å². The lowest BCUT2D eigenvalue weighted by Crippen LogP contribution is -2.13. The minimum Gasteiger partial charge on any atom is -0.325 e. The first-order valence-electron chi connectivity index (χ1n) is 4.63. The summed E-state index contributed by atoms with van der Waals surface area (Å²) >= 11 is 0. The highest BCUT2D eigenvalue weighted by Crippen LogP contribution is 2.23. The molecule has 0 aliphatic heterocycles. The van der Waals surface area contributed by atoms with Gasteiger partial charge in [-0.1, -0.05) is 20.8 Å². The van der Waals surface area contributed by atoms with Gasteiger partial charge in [0, 0.05) is 13.1 Å². The first-order chi connectivity index (χ1) is 6.39. The first-order valence-corrected chi connectivity index (χ1v) is 4.63. The van der Waals surface area contributed by atoms with Crippen molar-refractivity contribution in [2.24, 2.45) is 0 Å². The lowest BCUT2D eigenvalue weighted by atomic mass is 9.88. The van der Waals surface area contributed by atoms with Gasteiger partial charge in [0.15, 0.2) is 0 Å². The first kappa shape index (κ1) is 10.7. The number of carbonyl (C=O) groups excluding carboxylic acids is 1. The maximum absolute atomic E-state index is 10.8. The van der Waals surface area contributed by atoms with Gasteiger partial charge in [-0.2, -0.15) is 0 Å². The quantitative estimate of drug-likeness (QED) is 0.742. The number of aromatic nitrogens is 1. The van der Waals surface area contributed by atoms with Crippen LogP contribution >= 0.6 is 0 Å². The highest BCUT2D eigenvalue weighted by Gasteiger charge is 2.14. The van der Waals surface area contributed by atoms with E-state index in [1.54, 1.807) is 6.20 Å². The van der Waals surface area contributed by atoms with Crippen molar-refractivity contribution in [3.05, 3.63) is 24.0 Å². The molecule has 1 heterocycles. The van der Waals surface area contributed by atoms with Crippen LogP contribution in [0.3, 0.4) is 0 Å². The van der Waals surface area contributed by atoms with E-state index in [0.717, 1.165) is 11.3 Å². The predicted octanol–water partition coefficient (Wildman–Crippen LogP) is 2.34. The second kappa shape index (κ2) is 3.78. The summed E-state index contributed by atoms with van der Waals surface area (Å²) in [5, 5.41) is 2.72. The third-order valence-corrected chi connectivity index (χ3v) is 1.92. The van der Waals surface area contributed by atoms with Crippen LogP contribution in [0, 0.1) is 0 Å². The molecule has 1 aromatic rings. The third kappa shape index (κ3) is 2.83. The fourth-order valence-corrected chi connectivity index (χ4v) is 1.12. The Labute approximate surface area is 84.6 Å². The minimum atomic E-state index is -0.0714. The van der Waals surface area contributed by atoms with Gasteiger partial charge >= 0.3 is 0 Å². The largest absolute Gasteiger partial charge is 0.325 e. The number of amides is 1. The summed E-state index contributed by atoms with van der Waals surface area (Å²) in [6.07, 6.45) is 3.47. The molecule has 0 fully saturated rings. The third-order valence-electron chi connectivity index (χ3n) is 1.92. The smallest absolute Gasteiger partial charge is 0.221 e. The van der Waals surface area contributed by atoms with Crippen LogP contribution in [0.25, 0.3) is 0 Å². The Hall–Kier alpha value is -1.38. The normalized spacial score (nSPS) is 11.1. The molecular weight excluding hydrogens is 176 g/mol. The van der Waals surface area contributed by atoms with E-state index in [1.807, 2.05) is 12.3 Å². The molecule has 1 N–H and O–H groups in total. The lowest BCUT2D eigenvalue weighted by Gasteiger charge is -2.18. The molecule has 3 heteroatoms. The van der Waals surface area contributed by atoms with E-state index in [-0.39, 0.29) is 11.3 Å². The molecule has 1 rings (SSSR count). The molecule has 76 valence electrons. The molecule has 1 amide bonds. The van der Waals surface area contributed by atoms with Crippen molar-refractivity contribution in [1.82, 2.24) is 4.98 Å². The number of nitrogens with zero attached hydrogens (tertiary/aromatic N) is 1. The van der Waals surface area contributed by atoms with Gasteiger partial charge in [0.25, 0.3) is 0 Å². The monoisotopic (exact) mass is 192 g/mol. The van der Waals surface area contributed by atoms with Crippen molar-refractivity contribution in [3.8, 4) is 0 Å². The second-order valence-electron chi connectivity index (χ2n) is 4.39. The van der Waals surface area contributed by atoms with Crippen molar-refractivity contribution in [1.29, 1.82) is 0 Å². The predicted molar refractivity (Wildman–Crippen MR) is 57.2 cm³/mol. The highest BCUT2D eigenvalue weighted by atomic mass is 16.1. The van der Waals surface area contributed by atoms with E-state index < -0.39 is 0 Å². The number of pyridine rings is 1. The molecule has 0 aromatic carbocycles. The molecule has 0 saturated carbocycles. The number of anilines is 1. The van der Waals surface area contributed by atoms with Crippen LogP contribution in [0.4, 0.5) is 5.69 Å². The van der Waals surface area contributed by atoms with Crippen LogP contribution in [-0.4, -0.2) is 10.9 Å². The van der Waals surface area contributed by atoms with Crippen LogP contribution in [0.2, 0.25) is 0 Å². The number of rotatable bonds is 1. The maximum Gasteiger partial charge on any atom is 0.221 e. The maximum atomic E-state index is 10.8. The van der Waals surface area contributed by atoms with Gasteiger partial charge in [0.2, 0.25) is 5.91 Å². The minimum absolute atomic E-state index is 0.0570.